The Kier molecular flexibility index (Phi) is 9.29. The van der Waals surface area contributed by atoms with Crippen LogP contribution in [0.5, 0.6) is 0 Å². The fraction of sp³-hybridized carbons (Fsp3) is 0.304. The second kappa shape index (κ2) is 11.7. The van der Waals surface area contributed by atoms with Crippen LogP contribution in [0.2, 0.25) is 0 Å². The number of nitrogens with one attached hydrogen (secondary N) is 4. The zero-order valence-corrected chi connectivity index (χ0v) is 20.3. The lowest BCUT2D eigenvalue weighted by molar-refractivity contribution is -0.118. The molecule has 6 nitrogen and oxygen atoms in total. The van der Waals surface area contributed by atoms with E-state index in [9.17, 15) is 9.18 Å². The smallest absolute Gasteiger partial charge is 0.226 e. The van der Waals surface area contributed by atoms with Gasteiger partial charge >= 0.3 is 0 Å². The van der Waals surface area contributed by atoms with E-state index in [1.807, 2.05) is 44.3 Å². The quantitative estimate of drug-likeness (QED) is 0.205. The van der Waals surface area contributed by atoms with Gasteiger partial charge in [-0.25, -0.2) is 4.39 Å². The number of anilines is 1. The second-order valence-electron chi connectivity index (χ2n) is 7.45. The number of guanidine groups is 1. The SMILES string of the molecule is CN=C(NCCc1c[nH]c2ccc(F)cc12)NCc1ccc(NC(=O)C(C)C)cc1.I. The highest BCUT2D eigenvalue weighted by Gasteiger charge is 2.07. The molecule has 2 aromatic carbocycles. The molecule has 0 fully saturated rings. The summed E-state index contributed by atoms with van der Waals surface area (Å²) in [6.45, 7) is 5.01. The van der Waals surface area contributed by atoms with Gasteiger partial charge in [-0.1, -0.05) is 26.0 Å². The topological polar surface area (TPSA) is 81.3 Å². The van der Waals surface area contributed by atoms with Crippen LogP contribution in [0.1, 0.15) is 25.0 Å². The second-order valence-corrected chi connectivity index (χ2v) is 7.45. The van der Waals surface area contributed by atoms with E-state index in [0.717, 1.165) is 34.1 Å². The molecule has 3 aromatic rings. The fourth-order valence-corrected chi connectivity index (χ4v) is 3.07. The number of aliphatic imine (C=N–C) groups is 1. The molecular weight excluding hydrogens is 508 g/mol. The van der Waals surface area contributed by atoms with Gasteiger partial charge in [0.1, 0.15) is 5.82 Å². The Morgan fingerprint density at radius 3 is 2.55 bits per heavy atom. The number of carbonyl (C=O) groups is 1. The van der Waals surface area contributed by atoms with Gasteiger partial charge in [-0.15, -0.1) is 24.0 Å². The number of aromatic nitrogens is 1. The van der Waals surface area contributed by atoms with E-state index in [0.29, 0.717) is 19.0 Å². The van der Waals surface area contributed by atoms with Gasteiger partial charge in [-0.05, 0) is 47.9 Å². The van der Waals surface area contributed by atoms with Crippen LogP contribution in [0.4, 0.5) is 10.1 Å². The van der Waals surface area contributed by atoms with Crippen LogP contribution in [-0.4, -0.2) is 30.4 Å². The summed E-state index contributed by atoms with van der Waals surface area (Å²) in [4.78, 5) is 19.2. The molecule has 0 saturated carbocycles. The van der Waals surface area contributed by atoms with Crippen LogP contribution in [0.3, 0.4) is 0 Å². The summed E-state index contributed by atoms with van der Waals surface area (Å²) in [5.74, 6) is 0.411. The van der Waals surface area contributed by atoms with Crippen molar-refractivity contribution in [2.45, 2.75) is 26.8 Å². The number of rotatable bonds is 7. The van der Waals surface area contributed by atoms with Gasteiger partial charge in [-0.3, -0.25) is 9.79 Å². The van der Waals surface area contributed by atoms with Crippen LogP contribution in [0.25, 0.3) is 10.9 Å². The average molecular weight is 537 g/mol. The zero-order valence-electron chi connectivity index (χ0n) is 18.0. The normalized spacial score (nSPS) is 11.3. The number of aromatic amines is 1. The number of hydrogen-bond donors (Lipinski definition) is 4. The number of halogens is 2. The summed E-state index contributed by atoms with van der Waals surface area (Å²) in [7, 11) is 1.72. The zero-order chi connectivity index (χ0) is 21.5. The molecule has 1 aromatic heterocycles. The van der Waals surface area contributed by atoms with Crippen molar-refractivity contribution >= 4 is 52.4 Å². The summed E-state index contributed by atoms with van der Waals surface area (Å²) in [6.07, 6.45) is 2.66. The van der Waals surface area contributed by atoms with Crippen LogP contribution >= 0.6 is 24.0 Å². The molecule has 4 N–H and O–H groups in total. The Labute approximate surface area is 199 Å². The number of carbonyl (C=O) groups excluding carboxylic acids is 1. The number of amides is 1. The predicted octanol–water partition coefficient (Wildman–Crippen LogP) is 4.43. The monoisotopic (exact) mass is 537 g/mol. The first-order valence-electron chi connectivity index (χ1n) is 10.1. The average Bonchev–Trinajstić information content (AvgIpc) is 3.13. The highest BCUT2D eigenvalue weighted by Crippen LogP contribution is 2.19. The molecule has 31 heavy (non-hydrogen) atoms. The summed E-state index contributed by atoms with van der Waals surface area (Å²) in [6, 6.07) is 12.5. The van der Waals surface area contributed by atoms with E-state index in [1.54, 1.807) is 19.2 Å². The van der Waals surface area contributed by atoms with Gasteiger partial charge in [0, 0.05) is 48.8 Å². The van der Waals surface area contributed by atoms with E-state index >= 15 is 0 Å². The molecule has 0 aliphatic carbocycles. The molecule has 0 unspecified atom stereocenters. The molecular formula is C23H29FIN5O. The number of fused-ring (bicyclic) bond motifs is 1. The molecule has 1 amide bonds. The molecule has 8 heteroatoms. The molecule has 0 spiro atoms. The molecule has 0 aliphatic heterocycles. The highest BCUT2D eigenvalue weighted by molar-refractivity contribution is 14.0. The largest absolute Gasteiger partial charge is 0.361 e. The van der Waals surface area contributed by atoms with Crippen molar-refractivity contribution in [1.29, 1.82) is 0 Å². The maximum absolute atomic E-state index is 13.5. The number of benzene rings is 2. The van der Waals surface area contributed by atoms with Crippen molar-refractivity contribution in [2.75, 3.05) is 18.9 Å². The van der Waals surface area contributed by atoms with E-state index < -0.39 is 0 Å². The molecule has 0 aliphatic rings. The third-order valence-electron chi connectivity index (χ3n) is 4.85. The Morgan fingerprint density at radius 2 is 1.87 bits per heavy atom. The summed E-state index contributed by atoms with van der Waals surface area (Å²) in [5, 5.41) is 10.3. The Hall–Kier alpha value is -2.62. The molecule has 1 heterocycles. The first-order chi connectivity index (χ1) is 14.5. The highest BCUT2D eigenvalue weighted by atomic mass is 127. The third kappa shape index (κ3) is 6.95. The molecule has 3 rings (SSSR count). The van der Waals surface area contributed by atoms with E-state index in [4.69, 9.17) is 0 Å². The Balaban J connectivity index is 0.00000341. The number of nitrogens with zero attached hydrogens (tertiary/aromatic N) is 1. The lowest BCUT2D eigenvalue weighted by atomic mass is 10.1. The van der Waals surface area contributed by atoms with Crippen LogP contribution in [-0.2, 0) is 17.8 Å². The first kappa shape index (κ1) is 24.6. The van der Waals surface area contributed by atoms with Crippen molar-refractivity contribution in [3.8, 4) is 0 Å². The van der Waals surface area contributed by atoms with Crippen molar-refractivity contribution < 1.29 is 9.18 Å². The van der Waals surface area contributed by atoms with Crippen molar-refractivity contribution in [3.63, 3.8) is 0 Å². The minimum Gasteiger partial charge on any atom is -0.361 e. The maximum Gasteiger partial charge on any atom is 0.226 e. The Bertz CT molecular complexity index is 1030. The molecule has 0 bridgehead atoms. The van der Waals surface area contributed by atoms with Crippen LogP contribution in [0, 0.1) is 11.7 Å². The third-order valence-corrected chi connectivity index (χ3v) is 4.85. The summed E-state index contributed by atoms with van der Waals surface area (Å²) >= 11 is 0. The van der Waals surface area contributed by atoms with Crippen molar-refractivity contribution in [1.82, 2.24) is 15.6 Å². The fourth-order valence-electron chi connectivity index (χ4n) is 3.07. The lowest BCUT2D eigenvalue weighted by Crippen LogP contribution is -2.37. The van der Waals surface area contributed by atoms with E-state index in [1.165, 1.54) is 6.07 Å². The van der Waals surface area contributed by atoms with Gasteiger partial charge in [0.15, 0.2) is 5.96 Å². The van der Waals surface area contributed by atoms with E-state index in [-0.39, 0.29) is 41.6 Å². The van der Waals surface area contributed by atoms with Crippen LogP contribution < -0.4 is 16.0 Å². The maximum atomic E-state index is 13.5. The molecule has 0 atom stereocenters. The molecule has 166 valence electrons. The number of hydrogen-bond acceptors (Lipinski definition) is 2. The van der Waals surface area contributed by atoms with Gasteiger partial charge in [0.2, 0.25) is 5.91 Å². The van der Waals surface area contributed by atoms with Gasteiger partial charge < -0.3 is 20.9 Å². The van der Waals surface area contributed by atoms with Crippen molar-refractivity contribution in [2.24, 2.45) is 10.9 Å². The Morgan fingerprint density at radius 1 is 1.13 bits per heavy atom. The minimum absolute atomic E-state index is 0. The molecule has 0 radical (unpaired) electrons. The van der Waals surface area contributed by atoms with Crippen LogP contribution in [0.15, 0.2) is 53.7 Å². The van der Waals surface area contributed by atoms with Crippen molar-refractivity contribution in [3.05, 3.63) is 65.6 Å². The van der Waals surface area contributed by atoms with Gasteiger partial charge in [0.05, 0.1) is 0 Å². The minimum atomic E-state index is -0.233. The number of H-pyrrole nitrogens is 1. The molecule has 0 saturated heterocycles. The predicted molar refractivity (Wildman–Crippen MR) is 135 cm³/mol. The van der Waals surface area contributed by atoms with Gasteiger partial charge in [0.25, 0.3) is 0 Å². The van der Waals surface area contributed by atoms with Gasteiger partial charge in [-0.2, -0.15) is 0 Å². The first-order valence-corrected chi connectivity index (χ1v) is 10.1. The lowest BCUT2D eigenvalue weighted by Gasteiger charge is -2.12. The van der Waals surface area contributed by atoms with E-state index in [2.05, 4.69) is 25.9 Å². The standard InChI is InChI=1S/C23H28FN5O.HI/c1-15(2)22(30)29-19-7-4-16(5-8-19)13-28-23(25-3)26-11-10-17-14-27-21-9-6-18(24)12-20(17)21;/h4-9,12,14-15,27H,10-11,13H2,1-3H3,(H,29,30)(H2,25,26,28);1H. The summed E-state index contributed by atoms with van der Waals surface area (Å²) < 4.78 is 13.5. The summed E-state index contributed by atoms with van der Waals surface area (Å²) in [5.41, 5.74) is 3.86.